The summed E-state index contributed by atoms with van der Waals surface area (Å²) in [6.07, 6.45) is 1.73. The highest BCUT2D eigenvalue weighted by molar-refractivity contribution is 6.23. The van der Waals surface area contributed by atoms with E-state index in [2.05, 4.69) is 10.3 Å². The number of amides is 2. The number of pyridine rings is 1. The molecule has 1 aliphatic rings. The van der Waals surface area contributed by atoms with Gasteiger partial charge in [-0.3, -0.25) is 28.8 Å². The fourth-order valence-electron chi connectivity index (χ4n) is 3.47. The Morgan fingerprint density at radius 1 is 0.893 bits per heavy atom. The third-order valence-electron chi connectivity index (χ3n) is 4.79. The number of anilines is 1. The predicted molar refractivity (Wildman–Crippen MR) is 103 cm³/mol. The largest absolute Gasteiger partial charge is 0.384 e. The molecule has 0 saturated heterocycles. The summed E-state index contributed by atoms with van der Waals surface area (Å²) in [5.74, 6) is -1.28. The summed E-state index contributed by atoms with van der Waals surface area (Å²) in [6.45, 7) is 0. The topological polar surface area (TPSA) is 112 Å². The lowest BCUT2D eigenvalue weighted by Crippen LogP contribution is -2.24. The molecule has 8 nitrogen and oxygen atoms in total. The van der Waals surface area contributed by atoms with Gasteiger partial charge in [-0.05, 0) is 36.4 Å². The van der Waals surface area contributed by atoms with Gasteiger partial charge in [-0.25, -0.2) is 4.98 Å². The van der Waals surface area contributed by atoms with Crippen LogP contribution in [0.3, 0.4) is 0 Å². The molecule has 0 spiro atoms. The predicted octanol–water partition coefficient (Wildman–Crippen LogP) is 1.64. The van der Waals surface area contributed by atoms with Crippen molar-refractivity contribution in [2.75, 3.05) is 5.73 Å². The lowest BCUT2D eigenvalue weighted by Gasteiger charge is -2.13. The summed E-state index contributed by atoms with van der Waals surface area (Å²) in [4.78, 5) is 40.6. The van der Waals surface area contributed by atoms with Gasteiger partial charge in [0.05, 0.1) is 27.8 Å². The first-order valence-corrected chi connectivity index (χ1v) is 8.49. The van der Waals surface area contributed by atoms with Gasteiger partial charge in [0.25, 0.3) is 17.4 Å². The second-order valence-electron chi connectivity index (χ2n) is 6.39. The Morgan fingerprint density at radius 2 is 1.61 bits per heavy atom. The third-order valence-corrected chi connectivity index (χ3v) is 4.79. The van der Waals surface area contributed by atoms with Crippen LogP contribution in [0.5, 0.6) is 0 Å². The van der Waals surface area contributed by atoms with Crippen LogP contribution >= 0.6 is 0 Å². The van der Waals surface area contributed by atoms with Crippen molar-refractivity contribution in [3.05, 3.63) is 82.4 Å². The van der Waals surface area contributed by atoms with Crippen molar-refractivity contribution in [3.8, 4) is 11.4 Å². The number of nitrogen functional groups attached to an aromatic ring is 1. The van der Waals surface area contributed by atoms with E-state index >= 15 is 0 Å². The van der Waals surface area contributed by atoms with E-state index < -0.39 is 17.4 Å². The zero-order valence-electron chi connectivity index (χ0n) is 14.4. The molecule has 3 heterocycles. The Hall–Kier alpha value is -4.20. The number of fused-ring (bicyclic) bond motifs is 2. The minimum Gasteiger partial charge on any atom is -0.384 e. The first-order chi connectivity index (χ1) is 13.5. The number of rotatable bonds is 2. The highest BCUT2D eigenvalue weighted by atomic mass is 16.2. The number of nitrogens with one attached hydrogen (secondary N) is 1. The molecule has 0 aliphatic carbocycles. The average molecular weight is 371 g/mol. The molecule has 2 amide bonds. The second-order valence-corrected chi connectivity index (χ2v) is 6.39. The quantitative estimate of drug-likeness (QED) is 0.520. The van der Waals surface area contributed by atoms with E-state index in [4.69, 9.17) is 5.73 Å². The van der Waals surface area contributed by atoms with Gasteiger partial charge in [-0.15, -0.1) is 0 Å². The van der Waals surface area contributed by atoms with E-state index in [0.717, 1.165) is 22.8 Å². The molecule has 28 heavy (non-hydrogen) atoms. The average Bonchev–Trinajstić information content (AvgIpc) is 3.23. The van der Waals surface area contributed by atoms with Gasteiger partial charge < -0.3 is 5.73 Å². The van der Waals surface area contributed by atoms with Crippen LogP contribution in [0.2, 0.25) is 0 Å². The van der Waals surface area contributed by atoms with Crippen molar-refractivity contribution in [1.82, 2.24) is 19.4 Å². The number of benzene rings is 2. The third kappa shape index (κ3) is 2.18. The monoisotopic (exact) mass is 371 g/mol. The molecule has 0 radical (unpaired) electrons. The highest BCUT2D eigenvalue weighted by Crippen LogP contribution is 2.24. The van der Waals surface area contributed by atoms with Crippen LogP contribution in [0.25, 0.3) is 22.4 Å². The van der Waals surface area contributed by atoms with Crippen LogP contribution in [0, 0.1) is 0 Å². The summed E-state index contributed by atoms with van der Waals surface area (Å²) in [6, 6.07) is 16.0. The fourth-order valence-corrected chi connectivity index (χ4v) is 3.47. The number of carbonyl (C=O) groups is 2. The lowest BCUT2D eigenvalue weighted by atomic mass is 10.1. The van der Waals surface area contributed by atoms with Crippen LogP contribution in [-0.2, 0) is 0 Å². The van der Waals surface area contributed by atoms with Gasteiger partial charge in [-0.1, -0.05) is 12.1 Å². The molecular formula is C20H13N5O3. The van der Waals surface area contributed by atoms with Crippen molar-refractivity contribution in [2.45, 2.75) is 0 Å². The molecule has 3 N–H and O–H groups in total. The maximum atomic E-state index is 12.5. The zero-order chi connectivity index (χ0) is 19.4. The van der Waals surface area contributed by atoms with Gasteiger partial charge in [-0.2, -0.15) is 0 Å². The van der Waals surface area contributed by atoms with E-state index in [0.29, 0.717) is 5.69 Å². The molecule has 0 bridgehead atoms. The first-order valence-electron chi connectivity index (χ1n) is 8.49. The molecule has 2 aromatic heterocycles. The molecule has 5 rings (SSSR count). The number of hydrogen-bond acceptors (Lipinski definition) is 5. The van der Waals surface area contributed by atoms with Crippen LogP contribution in [0.4, 0.5) is 5.82 Å². The number of para-hydroxylation sites is 2. The maximum Gasteiger partial charge on any atom is 0.262 e. The molecule has 1 aliphatic heterocycles. The summed E-state index contributed by atoms with van der Waals surface area (Å²) in [5, 5.41) is 2.15. The number of nitrogens with two attached hydrogens (primary N) is 1. The van der Waals surface area contributed by atoms with Crippen molar-refractivity contribution in [3.63, 3.8) is 0 Å². The van der Waals surface area contributed by atoms with Crippen LogP contribution in [0.15, 0.2) is 65.7 Å². The van der Waals surface area contributed by atoms with E-state index in [1.807, 2.05) is 41.0 Å². The number of hydrogen-bond donors (Lipinski definition) is 2. The van der Waals surface area contributed by atoms with E-state index in [1.165, 1.54) is 4.57 Å². The SMILES string of the molecule is Nc1c2c(cc(=O)n1-c1ccc(-n3cnc4ccccc43)cc1)C(=O)NC2=O. The van der Waals surface area contributed by atoms with Crippen LogP contribution < -0.4 is 16.6 Å². The molecule has 2 aromatic carbocycles. The normalized spacial score (nSPS) is 13.0. The summed E-state index contributed by atoms with van der Waals surface area (Å²) >= 11 is 0. The molecular weight excluding hydrogens is 358 g/mol. The Labute approximate surface area is 157 Å². The van der Waals surface area contributed by atoms with E-state index in [-0.39, 0.29) is 16.9 Å². The van der Waals surface area contributed by atoms with Crippen LogP contribution in [-0.4, -0.2) is 25.9 Å². The minimum absolute atomic E-state index is 0.00487. The minimum atomic E-state index is -0.613. The van der Waals surface area contributed by atoms with E-state index in [1.54, 1.807) is 18.5 Å². The van der Waals surface area contributed by atoms with Crippen molar-refractivity contribution in [2.24, 2.45) is 0 Å². The Balaban J connectivity index is 1.63. The Kier molecular flexibility index (Phi) is 3.23. The van der Waals surface area contributed by atoms with E-state index in [9.17, 15) is 14.4 Å². The molecule has 4 aromatic rings. The maximum absolute atomic E-state index is 12.5. The first kappa shape index (κ1) is 16.0. The van der Waals surface area contributed by atoms with Crippen molar-refractivity contribution in [1.29, 1.82) is 0 Å². The van der Waals surface area contributed by atoms with Gasteiger partial charge in [0.15, 0.2) is 0 Å². The number of imidazole rings is 1. The second kappa shape index (κ2) is 5.65. The van der Waals surface area contributed by atoms with Gasteiger partial charge >= 0.3 is 0 Å². The highest BCUT2D eigenvalue weighted by Gasteiger charge is 2.31. The fraction of sp³-hybridized carbons (Fsp3) is 0. The smallest absolute Gasteiger partial charge is 0.262 e. The molecule has 136 valence electrons. The Morgan fingerprint density at radius 3 is 2.39 bits per heavy atom. The summed E-state index contributed by atoms with van der Waals surface area (Å²) in [7, 11) is 0. The van der Waals surface area contributed by atoms with Crippen molar-refractivity contribution < 1.29 is 9.59 Å². The molecule has 0 saturated carbocycles. The summed E-state index contributed by atoms with van der Waals surface area (Å²) < 4.78 is 3.15. The summed E-state index contributed by atoms with van der Waals surface area (Å²) in [5.41, 5.74) is 8.79. The lowest BCUT2D eigenvalue weighted by molar-refractivity contribution is 0.0880. The molecule has 8 heteroatoms. The van der Waals surface area contributed by atoms with Crippen LogP contribution in [0.1, 0.15) is 20.7 Å². The standard InChI is InChI=1S/C20H13N5O3/c21-18-17-13(19(27)23-20(17)28)9-16(26)25(18)12-7-5-11(6-8-12)24-10-22-14-3-1-2-4-15(14)24/h1-10H,21H2,(H,23,27,28). The number of imide groups is 1. The zero-order valence-corrected chi connectivity index (χ0v) is 14.4. The molecule has 0 fully saturated rings. The van der Waals surface area contributed by atoms with Gasteiger partial charge in [0.2, 0.25) is 0 Å². The molecule has 0 unspecified atom stereocenters. The Bertz CT molecular complexity index is 1350. The van der Waals surface area contributed by atoms with Gasteiger partial charge in [0, 0.05) is 11.8 Å². The van der Waals surface area contributed by atoms with Crippen molar-refractivity contribution >= 4 is 28.7 Å². The number of aromatic nitrogens is 3. The molecule has 0 atom stereocenters. The van der Waals surface area contributed by atoms with Gasteiger partial charge in [0.1, 0.15) is 12.1 Å². The number of carbonyl (C=O) groups excluding carboxylic acids is 2. The number of nitrogens with zero attached hydrogens (tertiary/aromatic N) is 3.